The third-order valence-electron chi connectivity index (χ3n) is 2.54. The molecule has 0 aliphatic rings. The zero-order chi connectivity index (χ0) is 14.0. The van der Waals surface area contributed by atoms with Gasteiger partial charge in [-0.15, -0.1) is 0 Å². The first-order chi connectivity index (χ1) is 8.99. The molecule has 2 rings (SSSR count). The molecule has 0 spiro atoms. The Labute approximate surface area is 108 Å². The Morgan fingerprint density at radius 1 is 1.37 bits per heavy atom. The number of rotatable bonds is 2. The minimum Gasteiger partial charge on any atom is -0.399 e. The van der Waals surface area contributed by atoms with Gasteiger partial charge in [0.1, 0.15) is 5.82 Å². The van der Waals surface area contributed by atoms with Gasteiger partial charge in [0.2, 0.25) is 0 Å². The van der Waals surface area contributed by atoms with E-state index in [1.54, 1.807) is 0 Å². The molecular formula is C13H11F2N3O. The van der Waals surface area contributed by atoms with Crippen LogP contribution in [0.5, 0.6) is 0 Å². The Balaban J connectivity index is 2.33. The number of pyridine rings is 1. The standard InChI is InChI=1S/C13H11F2N3O/c1-7-4-8(16)5-9(12(7)15)13(19)18-11-2-3-17-6-10(11)14/h2-6H,16H2,1H3,(H,17,18,19). The predicted molar refractivity (Wildman–Crippen MR) is 67.7 cm³/mol. The van der Waals surface area contributed by atoms with Crippen LogP contribution in [0.2, 0.25) is 0 Å². The summed E-state index contributed by atoms with van der Waals surface area (Å²) in [6, 6.07) is 3.90. The number of carbonyl (C=O) groups excluding carboxylic acids is 1. The van der Waals surface area contributed by atoms with Crippen LogP contribution < -0.4 is 11.1 Å². The molecule has 0 aliphatic carbocycles. The average Bonchev–Trinajstić information content (AvgIpc) is 2.36. The Morgan fingerprint density at radius 2 is 2.11 bits per heavy atom. The van der Waals surface area contributed by atoms with Crippen LogP contribution >= 0.6 is 0 Å². The second kappa shape index (κ2) is 5.01. The maximum Gasteiger partial charge on any atom is 0.258 e. The highest BCUT2D eigenvalue weighted by Crippen LogP contribution is 2.19. The molecule has 0 bridgehead atoms. The van der Waals surface area contributed by atoms with Crippen LogP contribution in [-0.4, -0.2) is 10.9 Å². The smallest absolute Gasteiger partial charge is 0.258 e. The molecule has 1 aromatic heterocycles. The number of hydrogen-bond donors (Lipinski definition) is 2. The monoisotopic (exact) mass is 263 g/mol. The first-order valence-corrected chi connectivity index (χ1v) is 5.45. The lowest BCUT2D eigenvalue weighted by Crippen LogP contribution is -2.16. The SMILES string of the molecule is Cc1cc(N)cc(C(=O)Nc2ccncc2F)c1F. The largest absolute Gasteiger partial charge is 0.399 e. The Kier molecular flexibility index (Phi) is 3.41. The van der Waals surface area contributed by atoms with Gasteiger partial charge in [0.05, 0.1) is 17.4 Å². The molecule has 4 nitrogen and oxygen atoms in total. The van der Waals surface area contributed by atoms with Gasteiger partial charge >= 0.3 is 0 Å². The molecule has 0 saturated carbocycles. The van der Waals surface area contributed by atoms with Crippen LogP contribution in [0.4, 0.5) is 20.2 Å². The molecule has 6 heteroatoms. The lowest BCUT2D eigenvalue weighted by Gasteiger charge is -2.09. The van der Waals surface area contributed by atoms with Crippen LogP contribution in [0.15, 0.2) is 30.6 Å². The number of nitrogen functional groups attached to an aromatic ring is 1. The number of nitrogens with one attached hydrogen (secondary N) is 1. The van der Waals surface area contributed by atoms with Gasteiger partial charge in [-0.3, -0.25) is 9.78 Å². The number of hydrogen-bond acceptors (Lipinski definition) is 3. The van der Waals surface area contributed by atoms with Crippen molar-refractivity contribution in [2.45, 2.75) is 6.92 Å². The van der Waals surface area contributed by atoms with E-state index >= 15 is 0 Å². The topological polar surface area (TPSA) is 68.0 Å². The molecule has 3 N–H and O–H groups in total. The first kappa shape index (κ1) is 12.9. The van der Waals surface area contributed by atoms with E-state index in [0.29, 0.717) is 0 Å². The fourth-order valence-corrected chi connectivity index (χ4v) is 1.63. The van der Waals surface area contributed by atoms with E-state index in [1.165, 1.54) is 31.3 Å². The number of nitrogens with two attached hydrogens (primary N) is 1. The number of carbonyl (C=O) groups is 1. The van der Waals surface area contributed by atoms with Crippen molar-refractivity contribution in [1.82, 2.24) is 4.98 Å². The van der Waals surface area contributed by atoms with Gasteiger partial charge in [0.25, 0.3) is 5.91 Å². The summed E-state index contributed by atoms with van der Waals surface area (Å²) in [5.41, 5.74) is 5.77. The molecule has 0 saturated heterocycles. The number of nitrogens with zero attached hydrogens (tertiary/aromatic N) is 1. The highest BCUT2D eigenvalue weighted by Gasteiger charge is 2.16. The van der Waals surface area contributed by atoms with Gasteiger partial charge in [-0.05, 0) is 30.7 Å². The summed E-state index contributed by atoms with van der Waals surface area (Å²) in [6.07, 6.45) is 2.27. The van der Waals surface area contributed by atoms with E-state index in [-0.39, 0.29) is 22.5 Å². The average molecular weight is 263 g/mol. The second-order valence-corrected chi connectivity index (χ2v) is 4.01. The van der Waals surface area contributed by atoms with Gasteiger partial charge < -0.3 is 11.1 Å². The molecule has 1 heterocycles. The van der Waals surface area contributed by atoms with E-state index in [2.05, 4.69) is 10.3 Å². The molecule has 0 atom stereocenters. The van der Waals surface area contributed by atoms with Crippen LogP contribution in [0.1, 0.15) is 15.9 Å². The van der Waals surface area contributed by atoms with E-state index in [1.807, 2.05) is 0 Å². The summed E-state index contributed by atoms with van der Waals surface area (Å²) >= 11 is 0. The van der Waals surface area contributed by atoms with Crippen LogP contribution in [-0.2, 0) is 0 Å². The van der Waals surface area contributed by atoms with E-state index in [4.69, 9.17) is 5.73 Å². The van der Waals surface area contributed by atoms with E-state index in [0.717, 1.165) is 6.20 Å². The summed E-state index contributed by atoms with van der Waals surface area (Å²) in [5.74, 6) is -2.14. The lowest BCUT2D eigenvalue weighted by molar-refractivity contribution is 0.102. The summed E-state index contributed by atoms with van der Waals surface area (Å²) in [5, 5.41) is 2.27. The molecule has 1 amide bonds. The third kappa shape index (κ3) is 2.67. The van der Waals surface area contributed by atoms with Gasteiger partial charge in [0, 0.05) is 11.9 Å². The molecule has 0 radical (unpaired) electrons. The van der Waals surface area contributed by atoms with E-state index in [9.17, 15) is 13.6 Å². The summed E-state index contributed by atoms with van der Waals surface area (Å²) in [6.45, 7) is 1.50. The second-order valence-electron chi connectivity index (χ2n) is 4.01. The van der Waals surface area contributed by atoms with Crippen molar-refractivity contribution < 1.29 is 13.6 Å². The number of aryl methyl sites for hydroxylation is 1. The van der Waals surface area contributed by atoms with Crippen molar-refractivity contribution in [2.75, 3.05) is 11.1 Å². The zero-order valence-electron chi connectivity index (χ0n) is 10.1. The van der Waals surface area contributed by atoms with Crippen molar-refractivity contribution in [3.63, 3.8) is 0 Å². The molecule has 1 aromatic carbocycles. The normalized spacial score (nSPS) is 10.3. The molecule has 0 aliphatic heterocycles. The van der Waals surface area contributed by atoms with Gasteiger partial charge in [-0.1, -0.05) is 0 Å². The fourth-order valence-electron chi connectivity index (χ4n) is 1.63. The third-order valence-corrected chi connectivity index (χ3v) is 2.54. The van der Waals surface area contributed by atoms with Crippen molar-refractivity contribution >= 4 is 17.3 Å². The minimum atomic E-state index is -0.766. The molecule has 2 aromatic rings. The van der Waals surface area contributed by atoms with Crippen LogP contribution in [0.3, 0.4) is 0 Å². The number of amides is 1. The highest BCUT2D eigenvalue weighted by atomic mass is 19.1. The van der Waals surface area contributed by atoms with Crippen molar-refractivity contribution in [1.29, 1.82) is 0 Å². The first-order valence-electron chi connectivity index (χ1n) is 5.45. The Bertz CT molecular complexity index is 644. The van der Waals surface area contributed by atoms with E-state index < -0.39 is 17.5 Å². The fraction of sp³-hybridized carbons (Fsp3) is 0.0769. The van der Waals surface area contributed by atoms with Gasteiger partial charge in [-0.25, -0.2) is 8.78 Å². The maximum atomic E-state index is 13.8. The maximum absolute atomic E-state index is 13.8. The quantitative estimate of drug-likeness (QED) is 0.818. The Hall–Kier alpha value is -2.50. The van der Waals surface area contributed by atoms with Crippen LogP contribution in [0.25, 0.3) is 0 Å². The summed E-state index contributed by atoms with van der Waals surface area (Å²) in [7, 11) is 0. The highest BCUT2D eigenvalue weighted by molar-refractivity contribution is 6.05. The number of anilines is 2. The lowest BCUT2D eigenvalue weighted by atomic mass is 10.1. The molecule has 19 heavy (non-hydrogen) atoms. The molecule has 0 unspecified atom stereocenters. The molecular weight excluding hydrogens is 252 g/mol. The number of benzene rings is 1. The van der Waals surface area contributed by atoms with Gasteiger partial charge in [-0.2, -0.15) is 0 Å². The summed E-state index contributed by atoms with van der Waals surface area (Å²) < 4.78 is 27.1. The van der Waals surface area contributed by atoms with Crippen molar-refractivity contribution in [2.24, 2.45) is 0 Å². The number of halogens is 2. The predicted octanol–water partition coefficient (Wildman–Crippen LogP) is 2.50. The van der Waals surface area contributed by atoms with Crippen LogP contribution in [0, 0.1) is 18.6 Å². The van der Waals surface area contributed by atoms with Crippen molar-refractivity contribution in [3.8, 4) is 0 Å². The zero-order valence-corrected chi connectivity index (χ0v) is 10.1. The molecule has 98 valence electrons. The number of aromatic nitrogens is 1. The van der Waals surface area contributed by atoms with Crippen molar-refractivity contribution in [3.05, 3.63) is 53.4 Å². The Morgan fingerprint density at radius 3 is 2.79 bits per heavy atom. The summed E-state index contributed by atoms with van der Waals surface area (Å²) in [4.78, 5) is 15.4. The van der Waals surface area contributed by atoms with Gasteiger partial charge in [0.15, 0.2) is 5.82 Å². The molecule has 0 fully saturated rings. The minimum absolute atomic E-state index is 0.0699.